The Bertz CT molecular complexity index is 530. The van der Waals surface area contributed by atoms with Crippen LogP contribution >= 0.6 is 0 Å². The molecular weight excluding hydrogens is 296 g/mol. The Balaban J connectivity index is 1.63. The topological polar surface area (TPSA) is 66.2 Å². The first-order valence-electron chi connectivity index (χ1n) is 8.46. The number of rotatable bonds is 6. The van der Waals surface area contributed by atoms with Crippen molar-refractivity contribution in [3.8, 4) is 0 Å². The molecule has 0 aromatic carbocycles. The van der Waals surface area contributed by atoms with Crippen LogP contribution in [0.4, 0.5) is 0 Å². The van der Waals surface area contributed by atoms with Crippen LogP contribution in [0.25, 0.3) is 0 Å². The van der Waals surface area contributed by atoms with Crippen LogP contribution in [0, 0.1) is 0 Å². The molecule has 128 valence electrons. The molecule has 3 heterocycles. The van der Waals surface area contributed by atoms with E-state index >= 15 is 0 Å². The number of ether oxygens (including phenoxy) is 1. The Morgan fingerprint density at radius 3 is 2.78 bits per heavy atom. The van der Waals surface area contributed by atoms with Crippen molar-refractivity contribution < 1.29 is 19.1 Å². The molecule has 1 aromatic heterocycles. The molecule has 2 saturated heterocycles. The predicted octanol–water partition coefficient (Wildman–Crippen LogP) is 1.49. The molecule has 0 saturated carbocycles. The molecular formula is C17H26N2O4. The molecule has 2 aliphatic heterocycles. The van der Waals surface area contributed by atoms with Gasteiger partial charge in [0, 0.05) is 30.7 Å². The Morgan fingerprint density at radius 1 is 1.30 bits per heavy atom. The second-order valence-electron chi connectivity index (χ2n) is 6.51. The van der Waals surface area contributed by atoms with E-state index in [4.69, 9.17) is 9.15 Å². The molecule has 2 unspecified atom stereocenters. The van der Waals surface area contributed by atoms with Crippen molar-refractivity contribution in [2.45, 2.75) is 44.3 Å². The SMILES string of the molecule is COC(=O)c1occc1CN1CCCC1CN1CCCC1CO. The minimum atomic E-state index is -0.416. The Hall–Kier alpha value is -1.37. The highest BCUT2D eigenvalue weighted by molar-refractivity contribution is 5.87. The maximum atomic E-state index is 11.7. The van der Waals surface area contributed by atoms with Crippen molar-refractivity contribution in [2.75, 3.05) is 33.4 Å². The highest BCUT2D eigenvalue weighted by atomic mass is 16.5. The lowest BCUT2D eigenvalue weighted by Crippen LogP contribution is -2.43. The van der Waals surface area contributed by atoms with Crippen LogP contribution in [-0.2, 0) is 11.3 Å². The standard InChI is InChI=1S/C17H26N2O4/c1-22-17(21)16-13(6-9-23-16)10-18-7-2-4-14(18)11-19-8-3-5-15(19)12-20/h6,9,14-15,20H,2-5,7-8,10-12H2,1H3. The number of nitrogens with zero attached hydrogens (tertiary/aromatic N) is 2. The fourth-order valence-electron chi connectivity index (χ4n) is 3.87. The zero-order valence-corrected chi connectivity index (χ0v) is 13.7. The lowest BCUT2D eigenvalue weighted by molar-refractivity contribution is 0.0560. The highest BCUT2D eigenvalue weighted by Gasteiger charge is 2.32. The largest absolute Gasteiger partial charge is 0.463 e. The molecule has 0 amide bonds. The zero-order valence-electron chi connectivity index (χ0n) is 13.7. The second-order valence-corrected chi connectivity index (χ2v) is 6.51. The van der Waals surface area contributed by atoms with Crippen LogP contribution in [0.1, 0.15) is 41.8 Å². The summed E-state index contributed by atoms with van der Waals surface area (Å²) in [5, 5.41) is 9.49. The lowest BCUT2D eigenvalue weighted by atomic mass is 10.1. The summed E-state index contributed by atoms with van der Waals surface area (Å²) < 4.78 is 10.1. The van der Waals surface area contributed by atoms with Crippen molar-refractivity contribution in [3.05, 3.63) is 23.7 Å². The Kier molecular flexibility index (Phi) is 5.35. The number of carbonyl (C=O) groups is 1. The quantitative estimate of drug-likeness (QED) is 0.801. The van der Waals surface area contributed by atoms with Crippen LogP contribution in [0.3, 0.4) is 0 Å². The average Bonchev–Trinajstić information content (AvgIpc) is 3.29. The summed E-state index contributed by atoms with van der Waals surface area (Å²) in [6, 6.07) is 2.65. The first-order valence-corrected chi connectivity index (χ1v) is 8.46. The predicted molar refractivity (Wildman–Crippen MR) is 85.2 cm³/mol. The van der Waals surface area contributed by atoms with Gasteiger partial charge in [-0.1, -0.05) is 0 Å². The number of aliphatic hydroxyl groups excluding tert-OH is 1. The third-order valence-electron chi connectivity index (χ3n) is 5.15. The van der Waals surface area contributed by atoms with Gasteiger partial charge in [-0.25, -0.2) is 4.79 Å². The van der Waals surface area contributed by atoms with Crippen molar-refractivity contribution in [1.29, 1.82) is 0 Å². The maximum absolute atomic E-state index is 11.7. The normalized spacial score (nSPS) is 26.0. The van der Waals surface area contributed by atoms with E-state index in [2.05, 4.69) is 9.80 Å². The fraction of sp³-hybridized carbons (Fsp3) is 0.706. The van der Waals surface area contributed by atoms with E-state index in [9.17, 15) is 9.90 Å². The van der Waals surface area contributed by atoms with Gasteiger partial charge in [0.2, 0.25) is 5.76 Å². The van der Waals surface area contributed by atoms with Gasteiger partial charge in [0.05, 0.1) is 20.0 Å². The van der Waals surface area contributed by atoms with E-state index < -0.39 is 5.97 Å². The van der Waals surface area contributed by atoms with Gasteiger partial charge in [-0.15, -0.1) is 0 Å². The van der Waals surface area contributed by atoms with E-state index in [0.29, 0.717) is 24.4 Å². The first-order chi connectivity index (χ1) is 11.2. The van der Waals surface area contributed by atoms with Crippen molar-refractivity contribution in [2.24, 2.45) is 0 Å². The first kappa shape index (κ1) is 16.5. The monoisotopic (exact) mass is 322 g/mol. The van der Waals surface area contributed by atoms with Crippen molar-refractivity contribution >= 4 is 5.97 Å². The molecule has 6 heteroatoms. The molecule has 0 bridgehead atoms. The molecule has 0 aliphatic carbocycles. The summed E-state index contributed by atoms with van der Waals surface area (Å²) in [4.78, 5) is 16.6. The number of aliphatic hydroxyl groups is 1. The summed E-state index contributed by atoms with van der Waals surface area (Å²) in [7, 11) is 1.37. The number of esters is 1. The third kappa shape index (κ3) is 3.59. The minimum absolute atomic E-state index is 0.251. The van der Waals surface area contributed by atoms with Gasteiger partial charge in [-0.3, -0.25) is 9.80 Å². The highest BCUT2D eigenvalue weighted by Crippen LogP contribution is 2.26. The van der Waals surface area contributed by atoms with E-state index in [1.54, 1.807) is 6.26 Å². The smallest absolute Gasteiger partial charge is 0.374 e. The van der Waals surface area contributed by atoms with Crippen LogP contribution in [0.5, 0.6) is 0 Å². The van der Waals surface area contributed by atoms with Crippen molar-refractivity contribution in [3.63, 3.8) is 0 Å². The molecule has 2 atom stereocenters. The van der Waals surface area contributed by atoms with E-state index in [1.807, 2.05) is 6.07 Å². The fourth-order valence-corrected chi connectivity index (χ4v) is 3.87. The molecule has 3 rings (SSSR count). The van der Waals surface area contributed by atoms with Crippen LogP contribution in [0.2, 0.25) is 0 Å². The molecule has 1 aromatic rings. The number of hydrogen-bond donors (Lipinski definition) is 1. The zero-order chi connectivity index (χ0) is 16.2. The summed E-state index contributed by atoms with van der Waals surface area (Å²) in [5.74, 6) is -0.104. The number of methoxy groups -OCH3 is 1. The molecule has 0 radical (unpaired) electrons. The number of hydrogen-bond acceptors (Lipinski definition) is 6. The molecule has 0 spiro atoms. The summed E-state index contributed by atoms with van der Waals surface area (Å²) in [5.41, 5.74) is 0.892. The maximum Gasteiger partial charge on any atom is 0.374 e. The molecule has 23 heavy (non-hydrogen) atoms. The average molecular weight is 322 g/mol. The van der Waals surface area contributed by atoms with Crippen LogP contribution in [-0.4, -0.2) is 66.3 Å². The van der Waals surface area contributed by atoms with E-state index in [-0.39, 0.29) is 6.61 Å². The third-order valence-corrected chi connectivity index (χ3v) is 5.15. The Labute approximate surface area is 137 Å². The van der Waals surface area contributed by atoms with Gasteiger partial charge >= 0.3 is 5.97 Å². The number of likely N-dealkylation sites (tertiary alicyclic amines) is 2. The van der Waals surface area contributed by atoms with Crippen LogP contribution < -0.4 is 0 Å². The Morgan fingerprint density at radius 2 is 2.04 bits per heavy atom. The minimum Gasteiger partial charge on any atom is -0.463 e. The lowest BCUT2D eigenvalue weighted by Gasteiger charge is -2.31. The van der Waals surface area contributed by atoms with Crippen LogP contribution in [0.15, 0.2) is 16.7 Å². The van der Waals surface area contributed by atoms with E-state index in [0.717, 1.165) is 31.6 Å². The van der Waals surface area contributed by atoms with Gasteiger partial charge in [0.25, 0.3) is 0 Å². The molecule has 1 N–H and O–H groups in total. The summed E-state index contributed by atoms with van der Waals surface area (Å²) in [6.45, 7) is 4.07. The van der Waals surface area contributed by atoms with Crippen molar-refractivity contribution in [1.82, 2.24) is 9.80 Å². The second kappa shape index (κ2) is 7.47. The van der Waals surface area contributed by atoms with Gasteiger partial charge in [-0.2, -0.15) is 0 Å². The summed E-state index contributed by atoms with van der Waals surface area (Å²) in [6.07, 6.45) is 6.16. The van der Waals surface area contributed by atoms with Gasteiger partial charge in [-0.05, 0) is 44.8 Å². The number of furan rings is 1. The summed E-state index contributed by atoms with van der Waals surface area (Å²) >= 11 is 0. The molecule has 2 aliphatic rings. The number of carbonyl (C=O) groups excluding carboxylic acids is 1. The van der Waals surface area contributed by atoms with Gasteiger partial charge in [0.15, 0.2) is 0 Å². The van der Waals surface area contributed by atoms with Gasteiger partial charge in [0.1, 0.15) is 0 Å². The van der Waals surface area contributed by atoms with Gasteiger partial charge < -0.3 is 14.3 Å². The van der Waals surface area contributed by atoms with E-state index in [1.165, 1.54) is 26.4 Å². The molecule has 6 nitrogen and oxygen atoms in total. The molecule has 2 fully saturated rings.